The molecule has 8 aromatic carbocycles. The lowest BCUT2D eigenvalue weighted by atomic mass is 10.1. The van der Waals surface area contributed by atoms with Gasteiger partial charge in [0.15, 0.2) is 0 Å². The third-order valence-electron chi connectivity index (χ3n) is 22.9. The van der Waals surface area contributed by atoms with Gasteiger partial charge in [0.1, 0.15) is 47.3 Å². The molecule has 4 amide bonds. The first-order valence-electron chi connectivity index (χ1n) is 46.6. The maximum Gasteiger partial charge on any atom is 0.411 e. The topological polar surface area (TPSA) is 369 Å². The normalized spacial score (nSPS) is 11.5. The Kier molecular flexibility index (Phi) is 37.4. The number of rotatable bonds is 39. The van der Waals surface area contributed by atoms with Gasteiger partial charge in [-0.2, -0.15) is 21.0 Å². The lowest BCUT2D eigenvalue weighted by Gasteiger charge is -2.16. The minimum atomic E-state index is -0.512. The molecule has 1 aliphatic heterocycles. The molecule has 0 atom stereocenters. The van der Waals surface area contributed by atoms with Crippen LogP contribution in [0, 0.1) is 45.3 Å². The fourth-order valence-corrected chi connectivity index (χ4v) is 16.7. The number of fused-ring (bicyclic) bond motifs is 4. The number of carbonyl (C=O) groups is 4. The standard InChI is InChI=1S/C27H34N4O4.C27H32N4O3.C26H27N5O3.C25H26N6O3/c1-5-31-25-18-22(35-15-8-13-30(3)14-16-33-4)11-12-23(25)24(19-28)26(31)20-9-7-10-21(17-20)29-27(32)34-6-2;1-3-31-25-18-22(34-16-8-15-30-13-5-6-14-30)11-12-23(25)24(19-28)26(31)20-9-7-10-21(17-20)29-27(32)33-4-2;1-3-31-24-16-21(34-15-5-13-30-14-12-28-18-30)10-11-22(24)23(17-27)25(31)19-6-8-20(9-7-19)29-26(32)33-4-2;1-3-31-23-16-20(34-14-6-12-30-13-11-27-29-30)9-10-21(23)22(17-26)24(31)18-7-5-8-19(15-18)28-25(32)33-4-2/h7,9-12,17-18H,5-6,8,13-16H2,1-4H3,(H,29,32);7,9-12,17-18H,3-6,8,13-16H2,1-2H3,(H,29,32);6-12,14,16,18H,3-5,13,15H2,1-2H3,(H,29,32);5,7-11,13,15-16H,3-4,6,12,14H2,1-2H3,(H,28,32). The van der Waals surface area contributed by atoms with Gasteiger partial charge in [0, 0.05) is 176 Å². The van der Waals surface area contributed by atoms with Gasteiger partial charge >= 0.3 is 24.4 Å². The van der Waals surface area contributed by atoms with Crippen LogP contribution in [0.2, 0.25) is 0 Å². The van der Waals surface area contributed by atoms with Crippen molar-refractivity contribution in [2.24, 2.45) is 0 Å². The summed E-state index contributed by atoms with van der Waals surface area (Å²) in [6, 6.07) is 62.8. The number of imidazole rings is 1. The number of aromatic nitrogens is 9. The molecular formula is C105H119N19O13. The highest BCUT2D eigenvalue weighted by Gasteiger charge is 2.26. The third-order valence-corrected chi connectivity index (χ3v) is 22.9. The highest BCUT2D eigenvalue weighted by molar-refractivity contribution is 6.00. The Balaban J connectivity index is 0.000000164. The summed E-state index contributed by atoms with van der Waals surface area (Å²) in [5.74, 6) is 3.11. The smallest absolute Gasteiger partial charge is 0.411 e. The fourth-order valence-electron chi connectivity index (χ4n) is 16.7. The number of carbonyl (C=O) groups excluding carboxylic acids is 4. The van der Waals surface area contributed by atoms with Crippen LogP contribution in [0.3, 0.4) is 0 Å². The maximum absolute atomic E-state index is 11.9. The van der Waals surface area contributed by atoms with Gasteiger partial charge < -0.3 is 75.3 Å². The molecule has 0 saturated carbocycles. The van der Waals surface area contributed by atoms with E-state index in [4.69, 9.17) is 42.6 Å². The molecular weight excluding hydrogens is 1740 g/mol. The van der Waals surface area contributed by atoms with E-state index >= 15 is 0 Å². The Morgan fingerprint density at radius 1 is 0.394 bits per heavy atom. The molecule has 1 saturated heterocycles. The number of amides is 4. The molecule has 0 radical (unpaired) electrons. The molecule has 32 heteroatoms. The number of ether oxygens (including phenoxy) is 9. The number of benzene rings is 8. The van der Waals surface area contributed by atoms with Crippen LogP contribution < -0.4 is 40.2 Å². The summed E-state index contributed by atoms with van der Waals surface area (Å²) in [6.07, 6.45) is 13.1. The van der Waals surface area contributed by atoms with E-state index in [0.29, 0.717) is 131 Å². The van der Waals surface area contributed by atoms with E-state index in [1.807, 2.05) is 170 Å². The molecule has 712 valence electrons. The van der Waals surface area contributed by atoms with E-state index in [1.54, 1.807) is 88.5 Å². The van der Waals surface area contributed by atoms with E-state index < -0.39 is 24.4 Å². The van der Waals surface area contributed by atoms with Crippen LogP contribution in [0.15, 0.2) is 201 Å². The SMILES string of the molecule is CCOC(=O)Nc1ccc(-c2c(C#N)c3ccc(OCCCn4ccnc4)cc3n2CC)cc1.CCOC(=O)Nc1cccc(-c2c(C#N)c3ccc(OCCCN(C)CCOC)cc3n2CC)c1.CCOC(=O)Nc1cccc(-c2c(C#N)c3ccc(OCCCN4CCCC4)cc3n2CC)c1.CCOC(=O)Nc1cccc(-c2c(C#N)c3ccc(OCCCn4ccnn4)cc3n2CC)c1. The van der Waals surface area contributed by atoms with Gasteiger partial charge in [0.2, 0.25) is 0 Å². The van der Waals surface area contributed by atoms with Gasteiger partial charge in [-0.25, -0.2) is 24.2 Å². The number of likely N-dealkylation sites (N-methyl/N-ethyl adjacent to an activating group) is 1. The fraction of sp³-hybridized carbons (Fsp3) is 0.343. The second-order valence-electron chi connectivity index (χ2n) is 31.9. The van der Waals surface area contributed by atoms with Gasteiger partial charge in [-0.3, -0.25) is 25.9 Å². The molecule has 14 aromatic rings. The van der Waals surface area contributed by atoms with Crippen LogP contribution in [0.1, 0.15) is 116 Å². The van der Waals surface area contributed by atoms with Crippen molar-refractivity contribution in [3.63, 3.8) is 0 Å². The van der Waals surface area contributed by atoms with Crippen LogP contribution in [0.25, 0.3) is 88.6 Å². The lowest BCUT2D eigenvalue weighted by Crippen LogP contribution is -2.25. The minimum absolute atomic E-state index is 0.291. The van der Waals surface area contributed by atoms with Gasteiger partial charge in [-0.1, -0.05) is 53.7 Å². The summed E-state index contributed by atoms with van der Waals surface area (Å²) in [5.41, 5.74) is 15.4. The Labute approximate surface area is 798 Å². The number of nitrogens with zero attached hydrogens (tertiary/aromatic N) is 15. The summed E-state index contributed by atoms with van der Waals surface area (Å²) < 4.78 is 61.3. The summed E-state index contributed by atoms with van der Waals surface area (Å²) in [4.78, 5) is 56.0. The van der Waals surface area contributed by atoms with Crippen molar-refractivity contribution in [3.05, 3.63) is 223 Å². The quantitative estimate of drug-likeness (QED) is 0.0205. The summed E-state index contributed by atoms with van der Waals surface area (Å²) in [7, 11) is 3.78. The number of methoxy groups -OCH3 is 1. The van der Waals surface area contributed by atoms with Crippen molar-refractivity contribution < 1.29 is 61.8 Å². The van der Waals surface area contributed by atoms with Crippen molar-refractivity contribution in [3.8, 4) is 92.3 Å². The largest absolute Gasteiger partial charge is 0.493 e. The number of aryl methyl sites for hydroxylation is 6. The zero-order valence-corrected chi connectivity index (χ0v) is 79.5. The molecule has 0 unspecified atom stereocenters. The average molecular weight is 1860 g/mol. The second-order valence-corrected chi connectivity index (χ2v) is 31.9. The first-order valence-corrected chi connectivity index (χ1v) is 46.6. The Morgan fingerprint density at radius 2 is 0.759 bits per heavy atom. The van der Waals surface area contributed by atoms with Gasteiger partial charge in [-0.05, 0) is 210 Å². The van der Waals surface area contributed by atoms with Gasteiger partial charge in [0.25, 0.3) is 0 Å². The molecule has 32 nitrogen and oxygen atoms in total. The number of nitriles is 4. The van der Waals surface area contributed by atoms with Crippen molar-refractivity contribution in [2.45, 2.75) is 133 Å². The van der Waals surface area contributed by atoms with E-state index in [2.05, 4.69) is 110 Å². The number of nitrogens with one attached hydrogen (secondary N) is 4. The van der Waals surface area contributed by atoms with Crippen molar-refractivity contribution in [1.29, 1.82) is 21.0 Å². The van der Waals surface area contributed by atoms with Gasteiger partial charge in [0.05, 0.1) is 139 Å². The summed E-state index contributed by atoms with van der Waals surface area (Å²) in [5, 5.41) is 62.2. The highest BCUT2D eigenvalue weighted by Crippen LogP contribution is 2.42. The first-order chi connectivity index (χ1) is 66.9. The molecule has 1 fully saturated rings. The molecule has 6 aromatic heterocycles. The molecule has 4 N–H and O–H groups in total. The van der Waals surface area contributed by atoms with Crippen LogP contribution >= 0.6 is 0 Å². The van der Waals surface area contributed by atoms with Crippen LogP contribution in [0.4, 0.5) is 41.9 Å². The van der Waals surface area contributed by atoms with Crippen molar-refractivity contribution in [1.82, 2.24) is 52.6 Å². The van der Waals surface area contributed by atoms with E-state index in [0.717, 1.165) is 170 Å². The number of likely N-dealkylation sites (tertiary alicyclic amines) is 1. The molecule has 15 rings (SSSR count). The molecule has 1 aliphatic rings. The number of anilines is 4. The monoisotopic (exact) mass is 1850 g/mol. The zero-order chi connectivity index (χ0) is 97.0. The van der Waals surface area contributed by atoms with Crippen LogP contribution in [-0.2, 0) is 63.0 Å². The summed E-state index contributed by atoms with van der Waals surface area (Å²) >= 11 is 0. The number of hydrogen-bond donors (Lipinski definition) is 4. The van der Waals surface area contributed by atoms with E-state index in [-0.39, 0.29) is 0 Å². The average Bonchev–Trinajstić information content (AvgIpc) is 1.62. The zero-order valence-electron chi connectivity index (χ0n) is 79.5. The molecule has 0 aliphatic carbocycles. The minimum Gasteiger partial charge on any atom is -0.493 e. The van der Waals surface area contributed by atoms with Crippen molar-refractivity contribution >= 4 is 90.7 Å². The van der Waals surface area contributed by atoms with Crippen LogP contribution in [0.5, 0.6) is 23.0 Å². The van der Waals surface area contributed by atoms with E-state index in [1.165, 1.54) is 25.9 Å². The molecule has 0 spiro atoms. The number of hydrogen-bond acceptors (Lipinski definition) is 22. The molecule has 7 heterocycles. The third kappa shape index (κ3) is 26.3. The first kappa shape index (κ1) is 100. The van der Waals surface area contributed by atoms with Gasteiger partial charge in [-0.15, -0.1) is 5.10 Å². The highest BCUT2D eigenvalue weighted by atomic mass is 16.6. The van der Waals surface area contributed by atoms with E-state index in [9.17, 15) is 40.2 Å². The Hall–Kier alpha value is -15.6. The van der Waals surface area contributed by atoms with Crippen LogP contribution in [-0.4, -0.2) is 183 Å². The van der Waals surface area contributed by atoms with Crippen molar-refractivity contribution in [2.75, 3.05) is 128 Å². The lowest BCUT2D eigenvalue weighted by molar-refractivity contribution is 0.157. The second kappa shape index (κ2) is 51.0. The predicted octanol–water partition coefficient (Wildman–Crippen LogP) is 21.0. The molecule has 0 bridgehead atoms. The maximum atomic E-state index is 11.9. The Bertz CT molecular complexity index is 6560. The summed E-state index contributed by atoms with van der Waals surface area (Å²) in [6.45, 7) is 29.2. The molecule has 137 heavy (non-hydrogen) atoms. The predicted molar refractivity (Wildman–Crippen MR) is 531 cm³/mol. The Morgan fingerprint density at radius 3 is 1.10 bits per heavy atom.